The first-order valence-corrected chi connectivity index (χ1v) is 8.88. The Hall–Kier alpha value is -3.16. The van der Waals surface area contributed by atoms with Crippen molar-refractivity contribution in [1.82, 2.24) is 24.5 Å². The Morgan fingerprint density at radius 2 is 1.85 bits per heavy atom. The highest BCUT2D eigenvalue weighted by Gasteiger charge is 2.29. The molecule has 0 N–H and O–H groups in total. The van der Waals surface area contributed by atoms with Crippen LogP contribution in [0.5, 0.6) is 0 Å². The van der Waals surface area contributed by atoms with Gasteiger partial charge in [-0.2, -0.15) is 10.2 Å². The highest BCUT2D eigenvalue weighted by Crippen LogP contribution is 2.23. The topological polar surface area (TPSA) is 59.2 Å². The smallest absolute Gasteiger partial charge is 0.259 e. The molecular formula is C19H21FN6O. The first-order valence-electron chi connectivity index (χ1n) is 8.88. The summed E-state index contributed by atoms with van der Waals surface area (Å²) in [4.78, 5) is 17.0. The number of halogens is 1. The van der Waals surface area contributed by atoms with E-state index < -0.39 is 0 Å². The molecule has 4 rings (SSSR count). The summed E-state index contributed by atoms with van der Waals surface area (Å²) in [7, 11) is 1.80. The second-order valence-electron chi connectivity index (χ2n) is 6.59. The lowest BCUT2D eigenvalue weighted by molar-refractivity contribution is 0.0745. The number of piperazine rings is 1. The number of amides is 1. The standard InChI is InChI=1S/C19H21FN6O/c1-14-17(18(23(2)22-14)26-9-5-8-21-26)19(27)25-12-10-24(11-13-25)16-7-4-3-6-15(16)20/h3-9H,10-13H2,1-2H3. The van der Waals surface area contributed by atoms with Crippen LogP contribution in [0.4, 0.5) is 10.1 Å². The van der Waals surface area contributed by atoms with E-state index in [1.807, 2.05) is 24.0 Å². The molecule has 1 aliphatic heterocycles. The van der Waals surface area contributed by atoms with E-state index >= 15 is 0 Å². The molecule has 1 aromatic carbocycles. The molecule has 1 saturated heterocycles. The number of rotatable bonds is 3. The molecule has 7 nitrogen and oxygen atoms in total. The molecule has 0 radical (unpaired) electrons. The third-order valence-corrected chi connectivity index (χ3v) is 4.89. The van der Waals surface area contributed by atoms with Gasteiger partial charge in [0.1, 0.15) is 11.4 Å². The van der Waals surface area contributed by atoms with Crippen molar-refractivity contribution in [3.8, 4) is 5.82 Å². The van der Waals surface area contributed by atoms with Crippen molar-refractivity contribution in [2.24, 2.45) is 7.05 Å². The lowest BCUT2D eigenvalue weighted by atomic mass is 10.1. The number of benzene rings is 1. The summed E-state index contributed by atoms with van der Waals surface area (Å²) in [5.74, 6) is 0.347. The van der Waals surface area contributed by atoms with Crippen molar-refractivity contribution in [3.05, 3.63) is 59.8 Å². The summed E-state index contributed by atoms with van der Waals surface area (Å²) in [6.45, 7) is 4.06. The molecule has 3 heterocycles. The Morgan fingerprint density at radius 1 is 1.11 bits per heavy atom. The molecule has 1 amide bonds. The van der Waals surface area contributed by atoms with Crippen LogP contribution in [0, 0.1) is 12.7 Å². The Labute approximate surface area is 156 Å². The number of aryl methyl sites for hydroxylation is 2. The number of hydrogen-bond donors (Lipinski definition) is 0. The van der Waals surface area contributed by atoms with E-state index in [9.17, 15) is 9.18 Å². The zero-order chi connectivity index (χ0) is 19.0. The van der Waals surface area contributed by atoms with Crippen LogP contribution >= 0.6 is 0 Å². The van der Waals surface area contributed by atoms with Gasteiger partial charge in [0.25, 0.3) is 5.91 Å². The van der Waals surface area contributed by atoms with Gasteiger partial charge in [0, 0.05) is 45.6 Å². The number of nitrogens with zero attached hydrogens (tertiary/aromatic N) is 6. The normalized spacial score (nSPS) is 14.6. The van der Waals surface area contributed by atoms with E-state index in [0.29, 0.717) is 48.9 Å². The molecule has 1 aliphatic rings. The average Bonchev–Trinajstić information content (AvgIpc) is 3.29. The van der Waals surface area contributed by atoms with Gasteiger partial charge in [-0.15, -0.1) is 0 Å². The van der Waals surface area contributed by atoms with Gasteiger partial charge in [-0.3, -0.25) is 4.79 Å². The lowest BCUT2D eigenvalue weighted by Crippen LogP contribution is -2.49. The van der Waals surface area contributed by atoms with Gasteiger partial charge in [-0.05, 0) is 25.1 Å². The largest absolute Gasteiger partial charge is 0.366 e. The number of aromatic nitrogens is 4. The third-order valence-electron chi connectivity index (χ3n) is 4.89. The van der Waals surface area contributed by atoms with E-state index in [0.717, 1.165) is 0 Å². The third kappa shape index (κ3) is 3.07. The minimum absolute atomic E-state index is 0.0701. The monoisotopic (exact) mass is 368 g/mol. The van der Waals surface area contributed by atoms with Crippen molar-refractivity contribution in [1.29, 1.82) is 0 Å². The van der Waals surface area contributed by atoms with E-state index in [-0.39, 0.29) is 11.7 Å². The molecule has 0 unspecified atom stereocenters. The van der Waals surface area contributed by atoms with Gasteiger partial charge in [-0.1, -0.05) is 12.1 Å². The molecule has 8 heteroatoms. The maximum absolute atomic E-state index is 14.0. The minimum Gasteiger partial charge on any atom is -0.366 e. The second kappa shape index (κ2) is 6.86. The van der Waals surface area contributed by atoms with E-state index in [1.165, 1.54) is 6.07 Å². The van der Waals surface area contributed by atoms with Crippen molar-refractivity contribution in [2.75, 3.05) is 31.1 Å². The van der Waals surface area contributed by atoms with E-state index in [2.05, 4.69) is 10.2 Å². The lowest BCUT2D eigenvalue weighted by Gasteiger charge is -2.36. The maximum atomic E-state index is 14.0. The molecule has 27 heavy (non-hydrogen) atoms. The fourth-order valence-corrected chi connectivity index (χ4v) is 3.57. The fraction of sp³-hybridized carbons (Fsp3) is 0.316. The maximum Gasteiger partial charge on any atom is 0.259 e. The molecule has 1 fully saturated rings. The number of carbonyl (C=O) groups is 1. The SMILES string of the molecule is Cc1nn(C)c(-n2cccn2)c1C(=O)N1CCN(c2ccccc2F)CC1. The van der Waals surface area contributed by atoms with E-state index in [1.54, 1.807) is 45.8 Å². The van der Waals surface area contributed by atoms with Gasteiger partial charge in [0.05, 0.1) is 11.4 Å². The van der Waals surface area contributed by atoms with Gasteiger partial charge in [0.2, 0.25) is 0 Å². The summed E-state index contributed by atoms with van der Waals surface area (Å²) >= 11 is 0. The van der Waals surface area contributed by atoms with Crippen LogP contribution in [0.1, 0.15) is 16.1 Å². The van der Waals surface area contributed by atoms with Crippen LogP contribution in [0.2, 0.25) is 0 Å². The summed E-state index contributed by atoms with van der Waals surface area (Å²) in [5.41, 5.74) is 1.81. The van der Waals surface area contributed by atoms with Crippen molar-refractivity contribution < 1.29 is 9.18 Å². The van der Waals surface area contributed by atoms with Crippen LogP contribution in [-0.2, 0) is 7.05 Å². The molecule has 0 aliphatic carbocycles. The predicted octanol–water partition coefficient (Wildman–Crippen LogP) is 2.02. The van der Waals surface area contributed by atoms with E-state index in [4.69, 9.17) is 0 Å². The number of anilines is 1. The van der Waals surface area contributed by atoms with Crippen LogP contribution in [0.25, 0.3) is 5.82 Å². The molecule has 140 valence electrons. The molecule has 0 bridgehead atoms. The summed E-state index contributed by atoms with van der Waals surface area (Å²) in [6, 6.07) is 8.55. The Bertz CT molecular complexity index is 957. The zero-order valence-corrected chi connectivity index (χ0v) is 15.3. The Balaban J connectivity index is 1.55. The number of carbonyl (C=O) groups excluding carboxylic acids is 1. The molecule has 2 aromatic heterocycles. The van der Waals surface area contributed by atoms with Crippen LogP contribution < -0.4 is 4.90 Å². The van der Waals surface area contributed by atoms with Gasteiger partial charge in [0.15, 0.2) is 5.82 Å². The predicted molar refractivity (Wildman–Crippen MR) is 99.6 cm³/mol. The van der Waals surface area contributed by atoms with Crippen LogP contribution in [0.3, 0.4) is 0 Å². The number of para-hydroxylation sites is 1. The molecule has 0 spiro atoms. The van der Waals surface area contributed by atoms with Crippen molar-refractivity contribution >= 4 is 11.6 Å². The van der Waals surface area contributed by atoms with Gasteiger partial charge >= 0.3 is 0 Å². The fourth-order valence-electron chi connectivity index (χ4n) is 3.57. The minimum atomic E-state index is -0.235. The van der Waals surface area contributed by atoms with Gasteiger partial charge < -0.3 is 9.80 Å². The number of hydrogen-bond acceptors (Lipinski definition) is 4. The van der Waals surface area contributed by atoms with Crippen LogP contribution in [0.15, 0.2) is 42.7 Å². The summed E-state index contributed by atoms with van der Waals surface area (Å²) < 4.78 is 17.3. The molecule has 0 atom stereocenters. The first-order chi connectivity index (χ1) is 13.1. The summed E-state index contributed by atoms with van der Waals surface area (Å²) in [5, 5.41) is 8.65. The van der Waals surface area contributed by atoms with Crippen LogP contribution in [-0.4, -0.2) is 56.5 Å². The Morgan fingerprint density at radius 3 is 2.52 bits per heavy atom. The molecular weight excluding hydrogens is 347 g/mol. The average molecular weight is 368 g/mol. The Kier molecular flexibility index (Phi) is 4.39. The van der Waals surface area contributed by atoms with Gasteiger partial charge in [-0.25, -0.2) is 13.8 Å². The first kappa shape index (κ1) is 17.3. The summed E-state index contributed by atoms with van der Waals surface area (Å²) in [6.07, 6.45) is 3.47. The van der Waals surface area contributed by atoms with Crippen molar-refractivity contribution in [2.45, 2.75) is 6.92 Å². The van der Waals surface area contributed by atoms with Crippen molar-refractivity contribution in [3.63, 3.8) is 0 Å². The quantitative estimate of drug-likeness (QED) is 0.710. The molecule has 0 saturated carbocycles. The highest BCUT2D eigenvalue weighted by molar-refractivity contribution is 5.98. The zero-order valence-electron chi connectivity index (χ0n) is 15.3. The molecule has 3 aromatic rings. The highest BCUT2D eigenvalue weighted by atomic mass is 19.1. The second-order valence-corrected chi connectivity index (χ2v) is 6.59.